The summed E-state index contributed by atoms with van der Waals surface area (Å²) in [5.74, 6) is 0.386. The molecule has 0 spiro atoms. The zero-order valence-corrected chi connectivity index (χ0v) is 12.4. The van der Waals surface area contributed by atoms with E-state index in [2.05, 4.69) is 21.2 Å². The van der Waals surface area contributed by atoms with Crippen LogP contribution in [0.4, 0.5) is 5.69 Å². The van der Waals surface area contributed by atoms with Gasteiger partial charge in [0.15, 0.2) is 0 Å². The van der Waals surface area contributed by atoms with Crippen LogP contribution in [0.15, 0.2) is 22.7 Å². The number of esters is 1. The molecule has 0 radical (unpaired) electrons. The highest BCUT2D eigenvalue weighted by Gasteiger charge is 2.14. The lowest BCUT2D eigenvalue weighted by Gasteiger charge is -2.14. The largest absolute Gasteiger partial charge is 0.497 e. The van der Waals surface area contributed by atoms with Crippen LogP contribution in [0, 0.1) is 5.92 Å². The molecule has 0 aliphatic carbocycles. The third kappa shape index (κ3) is 4.22. The quantitative estimate of drug-likeness (QED) is 0.820. The maximum absolute atomic E-state index is 11.5. The van der Waals surface area contributed by atoms with Crippen molar-refractivity contribution in [3.05, 3.63) is 22.7 Å². The second-order valence-corrected chi connectivity index (χ2v) is 4.73. The van der Waals surface area contributed by atoms with Gasteiger partial charge in [-0.2, -0.15) is 0 Å². The molecule has 5 heteroatoms. The highest BCUT2D eigenvalue weighted by molar-refractivity contribution is 9.10. The maximum Gasteiger partial charge on any atom is 0.310 e. The first kappa shape index (κ1) is 14.8. The number of carbonyl (C=O) groups is 1. The predicted molar refractivity (Wildman–Crippen MR) is 75.0 cm³/mol. The average Bonchev–Trinajstić information content (AvgIpc) is 2.37. The number of nitrogens with one attached hydrogen (secondary N) is 1. The molecule has 1 aromatic carbocycles. The first-order chi connectivity index (χ1) is 8.58. The molecule has 1 rings (SSSR count). The summed E-state index contributed by atoms with van der Waals surface area (Å²) in [6.45, 7) is 4.56. The van der Waals surface area contributed by atoms with Crippen LogP contribution in [0.25, 0.3) is 0 Å². The number of anilines is 1. The van der Waals surface area contributed by atoms with Gasteiger partial charge >= 0.3 is 5.97 Å². The van der Waals surface area contributed by atoms with Gasteiger partial charge in [-0.3, -0.25) is 4.79 Å². The molecular formula is C13H18BrNO3. The Balaban J connectivity index is 2.60. The van der Waals surface area contributed by atoms with Gasteiger partial charge in [-0.25, -0.2) is 0 Å². The molecule has 0 aliphatic heterocycles. The third-order valence-corrected chi connectivity index (χ3v) is 3.15. The number of rotatable bonds is 6. The summed E-state index contributed by atoms with van der Waals surface area (Å²) < 4.78 is 11.0. The first-order valence-electron chi connectivity index (χ1n) is 5.82. The monoisotopic (exact) mass is 315 g/mol. The van der Waals surface area contributed by atoms with Crippen molar-refractivity contribution in [3.63, 3.8) is 0 Å². The van der Waals surface area contributed by atoms with Crippen molar-refractivity contribution in [1.29, 1.82) is 0 Å². The minimum absolute atomic E-state index is 0.191. The lowest BCUT2D eigenvalue weighted by atomic mass is 10.2. The van der Waals surface area contributed by atoms with E-state index in [-0.39, 0.29) is 11.9 Å². The van der Waals surface area contributed by atoms with Crippen LogP contribution in [0.2, 0.25) is 0 Å². The number of methoxy groups -OCH3 is 1. The summed E-state index contributed by atoms with van der Waals surface area (Å²) in [5, 5.41) is 3.20. The Hall–Kier alpha value is -1.23. The number of carbonyl (C=O) groups excluding carboxylic acids is 1. The Morgan fingerprint density at radius 3 is 2.83 bits per heavy atom. The minimum Gasteiger partial charge on any atom is -0.497 e. The summed E-state index contributed by atoms with van der Waals surface area (Å²) in [5.41, 5.74) is 0.894. The molecule has 0 aromatic heterocycles. The van der Waals surface area contributed by atoms with E-state index in [1.807, 2.05) is 25.1 Å². The second-order valence-electron chi connectivity index (χ2n) is 3.88. The Labute approximate surface area is 116 Å². The molecule has 1 N–H and O–H groups in total. The topological polar surface area (TPSA) is 47.6 Å². The molecular weight excluding hydrogens is 298 g/mol. The number of benzene rings is 1. The highest BCUT2D eigenvalue weighted by Crippen LogP contribution is 2.27. The zero-order chi connectivity index (χ0) is 13.5. The van der Waals surface area contributed by atoms with Crippen molar-refractivity contribution >= 4 is 27.6 Å². The molecule has 0 bridgehead atoms. The normalized spacial score (nSPS) is 11.8. The third-order valence-electron chi connectivity index (χ3n) is 2.46. The lowest BCUT2D eigenvalue weighted by molar-refractivity contribution is -0.146. The van der Waals surface area contributed by atoms with E-state index in [9.17, 15) is 4.79 Å². The first-order valence-corrected chi connectivity index (χ1v) is 6.61. The Bertz CT molecular complexity index is 409. The SMILES string of the molecule is CCOC(=O)C(C)CNc1cc(OC)ccc1Br. The smallest absolute Gasteiger partial charge is 0.310 e. The van der Waals surface area contributed by atoms with E-state index < -0.39 is 0 Å². The Morgan fingerprint density at radius 1 is 1.50 bits per heavy atom. The van der Waals surface area contributed by atoms with Gasteiger partial charge in [0, 0.05) is 17.1 Å². The van der Waals surface area contributed by atoms with Crippen molar-refractivity contribution in [2.45, 2.75) is 13.8 Å². The number of halogens is 1. The van der Waals surface area contributed by atoms with Crippen molar-refractivity contribution in [3.8, 4) is 5.75 Å². The van der Waals surface area contributed by atoms with Crippen LogP contribution in [0.3, 0.4) is 0 Å². The summed E-state index contributed by atoms with van der Waals surface area (Å²) in [7, 11) is 1.62. The van der Waals surface area contributed by atoms with Crippen LogP contribution in [0.1, 0.15) is 13.8 Å². The molecule has 0 saturated carbocycles. The summed E-state index contributed by atoms with van der Waals surface area (Å²) in [4.78, 5) is 11.5. The molecule has 0 aliphatic rings. The molecule has 1 atom stereocenters. The highest BCUT2D eigenvalue weighted by atomic mass is 79.9. The fourth-order valence-electron chi connectivity index (χ4n) is 1.40. The van der Waals surface area contributed by atoms with E-state index in [0.717, 1.165) is 15.9 Å². The zero-order valence-electron chi connectivity index (χ0n) is 10.8. The van der Waals surface area contributed by atoms with E-state index in [1.165, 1.54) is 0 Å². The van der Waals surface area contributed by atoms with Crippen LogP contribution in [-0.2, 0) is 9.53 Å². The predicted octanol–water partition coefficient (Wildman–Crippen LogP) is 3.07. The van der Waals surface area contributed by atoms with Gasteiger partial charge in [0.2, 0.25) is 0 Å². The van der Waals surface area contributed by atoms with Crippen LogP contribution in [-0.4, -0.2) is 26.2 Å². The molecule has 4 nitrogen and oxygen atoms in total. The minimum atomic E-state index is -0.192. The number of hydrogen-bond acceptors (Lipinski definition) is 4. The lowest BCUT2D eigenvalue weighted by Crippen LogP contribution is -2.22. The molecule has 18 heavy (non-hydrogen) atoms. The van der Waals surface area contributed by atoms with Crippen LogP contribution < -0.4 is 10.1 Å². The summed E-state index contributed by atoms with van der Waals surface area (Å²) in [6.07, 6.45) is 0. The fraction of sp³-hybridized carbons (Fsp3) is 0.462. The second kappa shape index (κ2) is 7.26. The van der Waals surface area contributed by atoms with Crippen molar-refractivity contribution in [2.24, 2.45) is 5.92 Å². The molecule has 0 amide bonds. The Kier molecular flexibility index (Phi) is 5.98. The van der Waals surface area contributed by atoms with Gasteiger partial charge in [-0.1, -0.05) is 6.92 Å². The number of hydrogen-bond donors (Lipinski definition) is 1. The van der Waals surface area contributed by atoms with E-state index in [4.69, 9.17) is 9.47 Å². The fourth-order valence-corrected chi connectivity index (χ4v) is 1.78. The molecule has 1 aromatic rings. The van der Waals surface area contributed by atoms with Gasteiger partial charge in [0.05, 0.1) is 25.3 Å². The van der Waals surface area contributed by atoms with Gasteiger partial charge in [-0.05, 0) is 35.0 Å². The molecule has 0 saturated heterocycles. The van der Waals surface area contributed by atoms with E-state index in [0.29, 0.717) is 13.2 Å². The van der Waals surface area contributed by atoms with E-state index in [1.54, 1.807) is 14.0 Å². The standard InChI is InChI=1S/C13H18BrNO3/c1-4-18-13(16)9(2)8-15-12-7-10(17-3)5-6-11(12)14/h5-7,9,15H,4,8H2,1-3H3. The average molecular weight is 316 g/mol. The summed E-state index contributed by atoms with van der Waals surface area (Å²) >= 11 is 3.44. The van der Waals surface area contributed by atoms with Crippen molar-refractivity contribution in [2.75, 3.05) is 25.6 Å². The van der Waals surface area contributed by atoms with Crippen LogP contribution in [0.5, 0.6) is 5.75 Å². The summed E-state index contributed by atoms with van der Waals surface area (Å²) in [6, 6.07) is 5.64. The van der Waals surface area contributed by atoms with Crippen molar-refractivity contribution < 1.29 is 14.3 Å². The maximum atomic E-state index is 11.5. The number of ether oxygens (including phenoxy) is 2. The van der Waals surface area contributed by atoms with E-state index >= 15 is 0 Å². The van der Waals surface area contributed by atoms with Gasteiger partial charge < -0.3 is 14.8 Å². The molecule has 0 fully saturated rings. The molecule has 1 unspecified atom stereocenters. The molecule has 100 valence electrons. The van der Waals surface area contributed by atoms with Gasteiger partial charge in [0.25, 0.3) is 0 Å². The van der Waals surface area contributed by atoms with Crippen LogP contribution >= 0.6 is 15.9 Å². The van der Waals surface area contributed by atoms with Gasteiger partial charge in [-0.15, -0.1) is 0 Å². The van der Waals surface area contributed by atoms with Gasteiger partial charge in [0.1, 0.15) is 5.75 Å². The molecule has 0 heterocycles. The Morgan fingerprint density at radius 2 is 2.22 bits per heavy atom. The van der Waals surface area contributed by atoms with Crippen molar-refractivity contribution in [1.82, 2.24) is 0 Å².